The summed E-state index contributed by atoms with van der Waals surface area (Å²) < 4.78 is 6.01. The average molecular weight is 280 g/mol. The maximum atomic E-state index is 6.01. The second kappa shape index (κ2) is 5.41. The van der Waals surface area contributed by atoms with Crippen molar-refractivity contribution in [3.05, 3.63) is 54.1 Å². The van der Waals surface area contributed by atoms with Crippen molar-refractivity contribution in [1.29, 1.82) is 0 Å². The molecule has 2 aliphatic rings. The average Bonchev–Trinajstić information content (AvgIpc) is 2.99. The van der Waals surface area contributed by atoms with Crippen LogP contribution in [0.4, 0.5) is 11.4 Å². The Bertz CT molecular complexity index is 587. The molecule has 2 aromatic carbocycles. The summed E-state index contributed by atoms with van der Waals surface area (Å²) in [6.45, 7) is 2.78. The van der Waals surface area contributed by atoms with Gasteiger partial charge in [-0.25, -0.2) is 0 Å². The minimum absolute atomic E-state index is 0.559. The highest BCUT2D eigenvalue weighted by Crippen LogP contribution is 2.39. The Balaban J connectivity index is 1.77. The van der Waals surface area contributed by atoms with Crippen molar-refractivity contribution in [2.24, 2.45) is 0 Å². The maximum Gasteiger partial charge on any atom is 0.143 e. The number of anilines is 2. The van der Waals surface area contributed by atoms with E-state index in [1.807, 2.05) is 6.07 Å². The summed E-state index contributed by atoms with van der Waals surface area (Å²) in [5, 5.41) is 3.60. The molecule has 2 aromatic rings. The number of fused-ring (bicyclic) bond motifs is 2. The van der Waals surface area contributed by atoms with Gasteiger partial charge in [-0.15, -0.1) is 0 Å². The van der Waals surface area contributed by atoms with Gasteiger partial charge in [-0.2, -0.15) is 0 Å². The van der Waals surface area contributed by atoms with Crippen molar-refractivity contribution in [2.45, 2.75) is 25.5 Å². The molecule has 3 heteroatoms. The molecule has 0 radical (unpaired) electrons. The van der Waals surface area contributed by atoms with E-state index in [1.165, 1.54) is 29.8 Å². The third kappa shape index (κ3) is 2.38. The van der Waals surface area contributed by atoms with Crippen molar-refractivity contribution in [1.82, 2.24) is 5.32 Å². The Morgan fingerprint density at radius 3 is 2.71 bits per heavy atom. The van der Waals surface area contributed by atoms with Gasteiger partial charge in [-0.3, -0.25) is 0 Å². The fourth-order valence-electron chi connectivity index (χ4n) is 3.31. The molecule has 1 fully saturated rings. The first-order chi connectivity index (χ1) is 10.4. The van der Waals surface area contributed by atoms with Crippen LogP contribution in [0.5, 0.6) is 5.75 Å². The van der Waals surface area contributed by atoms with Crippen LogP contribution >= 0.6 is 0 Å². The molecule has 0 amide bonds. The highest BCUT2D eigenvalue weighted by atomic mass is 16.5. The molecule has 0 aliphatic carbocycles. The van der Waals surface area contributed by atoms with E-state index in [4.69, 9.17) is 4.74 Å². The quantitative estimate of drug-likeness (QED) is 0.911. The van der Waals surface area contributed by atoms with E-state index in [9.17, 15) is 0 Å². The molecule has 21 heavy (non-hydrogen) atoms. The molecule has 0 spiro atoms. The summed E-state index contributed by atoms with van der Waals surface area (Å²) in [6.07, 6.45) is 2.53. The van der Waals surface area contributed by atoms with Crippen LogP contribution in [0.25, 0.3) is 0 Å². The van der Waals surface area contributed by atoms with Crippen LogP contribution in [0, 0.1) is 0 Å². The summed E-state index contributed by atoms with van der Waals surface area (Å²) in [5.41, 5.74) is 3.71. The smallest absolute Gasteiger partial charge is 0.143 e. The summed E-state index contributed by atoms with van der Waals surface area (Å²) in [4.78, 5) is 2.42. The third-order valence-corrected chi connectivity index (χ3v) is 4.39. The van der Waals surface area contributed by atoms with E-state index in [-0.39, 0.29) is 0 Å². The Hall–Kier alpha value is -2.00. The number of benzene rings is 2. The first kappa shape index (κ1) is 12.7. The molecular weight excluding hydrogens is 260 g/mol. The molecule has 1 N–H and O–H groups in total. The molecule has 1 atom stereocenters. The van der Waals surface area contributed by atoms with Gasteiger partial charge in [0.05, 0.1) is 5.69 Å². The monoisotopic (exact) mass is 280 g/mol. The number of rotatable bonds is 2. The number of ether oxygens (including phenoxy) is 1. The van der Waals surface area contributed by atoms with E-state index in [1.54, 1.807) is 0 Å². The number of hydrogen-bond acceptors (Lipinski definition) is 3. The number of nitrogens with one attached hydrogen (secondary N) is 1. The van der Waals surface area contributed by atoms with Crippen LogP contribution in [-0.4, -0.2) is 19.1 Å². The highest BCUT2D eigenvalue weighted by molar-refractivity contribution is 5.72. The lowest BCUT2D eigenvalue weighted by Gasteiger charge is -2.28. The van der Waals surface area contributed by atoms with E-state index in [2.05, 4.69) is 52.7 Å². The fraction of sp³-hybridized carbons (Fsp3) is 0.333. The minimum atomic E-state index is 0.559. The van der Waals surface area contributed by atoms with Crippen LogP contribution in [0.15, 0.2) is 48.5 Å². The maximum absolute atomic E-state index is 6.01. The summed E-state index contributed by atoms with van der Waals surface area (Å²) >= 11 is 0. The van der Waals surface area contributed by atoms with Gasteiger partial charge >= 0.3 is 0 Å². The van der Waals surface area contributed by atoms with Crippen molar-refractivity contribution < 1.29 is 4.74 Å². The van der Waals surface area contributed by atoms with E-state index < -0.39 is 0 Å². The number of hydrogen-bond donors (Lipinski definition) is 1. The lowest BCUT2D eigenvalue weighted by atomic mass is 10.1. The fourth-order valence-corrected chi connectivity index (χ4v) is 3.31. The second-order valence-corrected chi connectivity index (χ2v) is 5.79. The molecular formula is C18H20N2O. The van der Waals surface area contributed by atoms with E-state index >= 15 is 0 Å². The summed E-state index contributed by atoms with van der Waals surface area (Å²) in [7, 11) is 0. The normalized spacial score (nSPS) is 20.4. The highest BCUT2D eigenvalue weighted by Gasteiger charge is 2.25. The molecule has 0 aromatic heterocycles. The van der Waals surface area contributed by atoms with Gasteiger partial charge in [0, 0.05) is 23.8 Å². The molecule has 4 rings (SSSR count). The predicted octanol–water partition coefficient (Wildman–Crippen LogP) is 3.47. The zero-order valence-electron chi connectivity index (χ0n) is 12.1. The van der Waals surface area contributed by atoms with Crippen LogP contribution in [-0.2, 0) is 6.61 Å². The van der Waals surface area contributed by atoms with Crippen molar-refractivity contribution in [2.75, 3.05) is 18.0 Å². The Labute approximate surface area is 125 Å². The first-order valence-electron chi connectivity index (χ1n) is 7.72. The van der Waals surface area contributed by atoms with Crippen LogP contribution in [0.1, 0.15) is 18.4 Å². The minimum Gasteiger partial charge on any atom is -0.487 e. The zero-order chi connectivity index (χ0) is 14.1. The van der Waals surface area contributed by atoms with Crippen LogP contribution in [0.3, 0.4) is 0 Å². The molecule has 0 bridgehead atoms. The summed E-state index contributed by atoms with van der Waals surface area (Å²) in [5.74, 6) is 0.978. The van der Waals surface area contributed by atoms with Gasteiger partial charge in [-0.05, 0) is 37.6 Å². The predicted molar refractivity (Wildman–Crippen MR) is 85.2 cm³/mol. The Morgan fingerprint density at radius 1 is 1.05 bits per heavy atom. The van der Waals surface area contributed by atoms with E-state index in [0.717, 1.165) is 18.8 Å². The first-order valence-corrected chi connectivity index (χ1v) is 7.72. The third-order valence-electron chi connectivity index (χ3n) is 4.39. The van der Waals surface area contributed by atoms with Gasteiger partial charge in [0.2, 0.25) is 0 Å². The molecule has 2 heterocycles. The Kier molecular flexibility index (Phi) is 3.28. The van der Waals surface area contributed by atoms with Crippen molar-refractivity contribution >= 4 is 11.4 Å². The molecule has 3 nitrogen and oxygen atoms in total. The van der Waals surface area contributed by atoms with Gasteiger partial charge in [-0.1, -0.05) is 30.3 Å². The largest absolute Gasteiger partial charge is 0.487 e. The zero-order valence-corrected chi connectivity index (χ0v) is 12.1. The summed E-state index contributed by atoms with van der Waals surface area (Å²) in [6, 6.07) is 17.5. The van der Waals surface area contributed by atoms with Gasteiger partial charge < -0.3 is 15.0 Å². The van der Waals surface area contributed by atoms with Crippen molar-refractivity contribution in [3.63, 3.8) is 0 Å². The number of para-hydroxylation sites is 3. The van der Waals surface area contributed by atoms with Crippen molar-refractivity contribution in [3.8, 4) is 5.75 Å². The lowest BCUT2D eigenvalue weighted by molar-refractivity contribution is 0.310. The molecule has 2 aliphatic heterocycles. The van der Waals surface area contributed by atoms with Gasteiger partial charge in [0.1, 0.15) is 12.4 Å². The second-order valence-electron chi connectivity index (χ2n) is 5.79. The van der Waals surface area contributed by atoms with Crippen LogP contribution in [0.2, 0.25) is 0 Å². The molecule has 1 unspecified atom stereocenters. The lowest BCUT2D eigenvalue weighted by Crippen LogP contribution is -2.35. The molecule has 1 saturated heterocycles. The van der Waals surface area contributed by atoms with E-state index in [0.29, 0.717) is 12.6 Å². The van der Waals surface area contributed by atoms with Gasteiger partial charge in [0.15, 0.2) is 0 Å². The topological polar surface area (TPSA) is 24.5 Å². The Morgan fingerprint density at radius 2 is 1.86 bits per heavy atom. The SMILES string of the molecule is c1ccc2c(c1)COc1ccccc1N2CC1CCCN1. The number of nitrogens with zero attached hydrogens (tertiary/aromatic N) is 1. The molecule has 108 valence electrons. The van der Waals surface area contributed by atoms with Crippen LogP contribution < -0.4 is 15.0 Å². The molecule has 0 saturated carbocycles. The van der Waals surface area contributed by atoms with Gasteiger partial charge in [0.25, 0.3) is 0 Å². The standard InChI is InChI=1S/C18H20N2O/c1-2-8-16-14(6-1)13-21-18-10-4-3-9-17(18)20(16)12-15-7-5-11-19-15/h1-4,6,8-10,15,19H,5,7,11-13H2.